The molecule has 1 aromatic carbocycles. The van der Waals surface area contributed by atoms with E-state index in [0.717, 1.165) is 28.1 Å². The summed E-state index contributed by atoms with van der Waals surface area (Å²) < 4.78 is 0.876. The maximum Gasteiger partial charge on any atom is 0.293 e. The molecule has 1 N–H and O–H groups in total. The first kappa shape index (κ1) is 12.3. The van der Waals surface area contributed by atoms with Crippen LogP contribution in [0, 0.1) is 17.0 Å². The number of nitro benzene ring substituents is 1. The fraction of sp³-hybridized carbons (Fsp3) is 0.462. The number of hydrogen-bond donors (Lipinski definition) is 1. The lowest BCUT2D eigenvalue weighted by Gasteiger charge is -2.13. The van der Waals surface area contributed by atoms with E-state index in [1.54, 1.807) is 6.07 Å². The molecule has 0 aliphatic heterocycles. The summed E-state index contributed by atoms with van der Waals surface area (Å²) >= 11 is 1.49. The topological polar surface area (TPSA) is 68.1 Å². The highest BCUT2D eigenvalue weighted by molar-refractivity contribution is 7.18. The van der Waals surface area contributed by atoms with Crippen molar-refractivity contribution in [2.75, 3.05) is 5.32 Å². The predicted octanol–water partition coefficient (Wildman–Crippen LogP) is 3.87. The zero-order valence-corrected chi connectivity index (χ0v) is 11.5. The first-order valence-electron chi connectivity index (χ1n) is 6.45. The minimum atomic E-state index is -0.314. The van der Waals surface area contributed by atoms with Gasteiger partial charge in [-0.05, 0) is 25.8 Å². The van der Waals surface area contributed by atoms with Crippen molar-refractivity contribution in [2.24, 2.45) is 0 Å². The van der Waals surface area contributed by atoms with Gasteiger partial charge in [0, 0.05) is 12.1 Å². The lowest BCUT2D eigenvalue weighted by molar-refractivity contribution is -0.383. The summed E-state index contributed by atoms with van der Waals surface area (Å²) in [6.07, 6.45) is 4.57. The molecule has 3 rings (SSSR count). The van der Waals surface area contributed by atoms with E-state index >= 15 is 0 Å². The Kier molecular flexibility index (Phi) is 3.10. The van der Waals surface area contributed by atoms with Crippen LogP contribution < -0.4 is 5.32 Å². The van der Waals surface area contributed by atoms with Gasteiger partial charge in [-0.1, -0.05) is 12.8 Å². The molecule has 1 fully saturated rings. The van der Waals surface area contributed by atoms with Gasteiger partial charge in [-0.25, -0.2) is 4.98 Å². The smallest absolute Gasteiger partial charge is 0.293 e. The van der Waals surface area contributed by atoms with E-state index in [-0.39, 0.29) is 10.6 Å². The van der Waals surface area contributed by atoms with Crippen LogP contribution in [0.1, 0.15) is 30.7 Å². The van der Waals surface area contributed by atoms with Crippen LogP contribution in [0.2, 0.25) is 0 Å². The maximum atomic E-state index is 11.2. The third-order valence-corrected chi connectivity index (χ3v) is 4.46. The van der Waals surface area contributed by atoms with Gasteiger partial charge in [0.05, 0.1) is 20.1 Å². The average molecular weight is 277 g/mol. The summed E-state index contributed by atoms with van der Waals surface area (Å²) in [5.74, 6) is 0. The van der Waals surface area contributed by atoms with Crippen LogP contribution in [-0.2, 0) is 0 Å². The van der Waals surface area contributed by atoms with E-state index in [0.29, 0.717) is 11.7 Å². The van der Waals surface area contributed by atoms with Gasteiger partial charge in [-0.2, -0.15) is 0 Å². The summed E-state index contributed by atoms with van der Waals surface area (Å²) in [4.78, 5) is 15.3. The number of nitrogens with one attached hydrogen (secondary N) is 1. The van der Waals surface area contributed by atoms with Gasteiger partial charge in [-0.15, -0.1) is 11.3 Å². The number of aryl methyl sites for hydroxylation is 1. The SMILES string of the molecule is Cc1nc2cc(NC3CCCC3)c([N+](=O)[O-])cc2s1. The zero-order valence-electron chi connectivity index (χ0n) is 10.7. The van der Waals surface area contributed by atoms with Crippen LogP contribution >= 0.6 is 11.3 Å². The van der Waals surface area contributed by atoms with Gasteiger partial charge in [0.15, 0.2) is 0 Å². The van der Waals surface area contributed by atoms with Gasteiger partial charge >= 0.3 is 0 Å². The van der Waals surface area contributed by atoms with Crippen molar-refractivity contribution in [2.45, 2.75) is 38.6 Å². The van der Waals surface area contributed by atoms with E-state index in [2.05, 4.69) is 10.3 Å². The van der Waals surface area contributed by atoms with Gasteiger partial charge in [0.25, 0.3) is 5.69 Å². The van der Waals surface area contributed by atoms with Crippen molar-refractivity contribution in [3.05, 3.63) is 27.3 Å². The van der Waals surface area contributed by atoms with Crippen molar-refractivity contribution >= 4 is 32.9 Å². The Morgan fingerprint density at radius 3 is 2.84 bits per heavy atom. The third kappa shape index (κ3) is 2.40. The monoisotopic (exact) mass is 277 g/mol. The van der Waals surface area contributed by atoms with E-state index in [4.69, 9.17) is 0 Å². The van der Waals surface area contributed by atoms with Crippen molar-refractivity contribution in [3.63, 3.8) is 0 Å². The Hall–Kier alpha value is -1.69. The highest BCUT2D eigenvalue weighted by atomic mass is 32.1. The van der Waals surface area contributed by atoms with Crippen LogP contribution in [0.5, 0.6) is 0 Å². The second-order valence-corrected chi connectivity index (χ2v) is 6.19. The Morgan fingerprint density at radius 2 is 2.16 bits per heavy atom. The van der Waals surface area contributed by atoms with E-state index in [9.17, 15) is 10.1 Å². The summed E-state index contributed by atoms with van der Waals surface area (Å²) in [5.41, 5.74) is 1.60. The lowest BCUT2D eigenvalue weighted by Crippen LogP contribution is -2.15. The molecule has 2 aromatic rings. The fourth-order valence-corrected chi connectivity index (χ4v) is 3.48. The molecule has 5 nitrogen and oxygen atoms in total. The Bertz CT molecular complexity index is 632. The normalized spacial score (nSPS) is 16.1. The second kappa shape index (κ2) is 4.77. The molecule has 6 heteroatoms. The van der Waals surface area contributed by atoms with Gasteiger partial charge in [-0.3, -0.25) is 10.1 Å². The number of rotatable bonds is 3. The lowest BCUT2D eigenvalue weighted by atomic mass is 10.2. The number of anilines is 1. The van der Waals surface area contributed by atoms with Crippen LogP contribution in [0.15, 0.2) is 12.1 Å². The standard InChI is InChI=1S/C13H15N3O2S/c1-8-14-11-6-10(15-9-4-2-3-5-9)12(16(17)18)7-13(11)19-8/h6-7,9,15H,2-5H2,1H3. The van der Waals surface area contributed by atoms with Crippen LogP contribution in [0.4, 0.5) is 11.4 Å². The highest BCUT2D eigenvalue weighted by Crippen LogP contribution is 2.34. The Labute approximate surface area is 114 Å². The average Bonchev–Trinajstić information content (AvgIpc) is 2.95. The van der Waals surface area contributed by atoms with Gasteiger partial charge in [0.2, 0.25) is 0 Å². The van der Waals surface area contributed by atoms with Crippen LogP contribution in [-0.4, -0.2) is 15.9 Å². The molecule has 1 aliphatic carbocycles. The number of nitro groups is 1. The van der Waals surface area contributed by atoms with Crippen LogP contribution in [0.3, 0.4) is 0 Å². The number of aromatic nitrogens is 1. The number of fused-ring (bicyclic) bond motifs is 1. The van der Waals surface area contributed by atoms with Gasteiger partial charge in [0.1, 0.15) is 5.69 Å². The molecule has 1 aromatic heterocycles. The van der Waals surface area contributed by atoms with Crippen molar-refractivity contribution in [1.29, 1.82) is 0 Å². The van der Waals surface area contributed by atoms with E-state index in [1.807, 2.05) is 13.0 Å². The summed E-state index contributed by atoms with van der Waals surface area (Å²) in [6.45, 7) is 1.92. The fourth-order valence-electron chi connectivity index (χ4n) is 2.64. The summed E-state index contributed by atoms with van der Waals surface area (Å²) in [6, 6.07) is 3.81. The molecule has 1 heterocycles. The van der Waals surface area contributed by atoms with E-state index in [1.165, 1.54) is 24.2 Å². The second-order valence-electron chi connectivity index (χ2n) is 4.95. The van der Waals surface area contributed by atoms with Crippen molar-refractivity contribution in [3.8, 4) is 0 Å². The third-order valence-electron chi connectivity index (χ3n) is 3.52. The van der Waals surface area contributed by atoms with Gasteiger partial charge < -0.3 is 5.32 Å². The minimum absolute atomic E-state index is 0.156. The molecule has 0 atom stereocenters. The minimum Gasteiger partial charge on any atom is -0.377 e. The molecule has 19 heavy (non-hydrogen) atoms. The number of hydrogen-bond acceptors (Lipinski definition) is 5. The van der Waals surface area contributed by atoms with Crippen LogP contribution in [0.25, 0.3) is 10.2 Å². The summed E-state index contributed by atoms with van der Waals surface area (Å²) in [7, 11) is 0. The zero-order chi connectivity index (χ0) is 13.4. The molecule has 0 amide bonds. The number of thiazole rings is 1. The molecule has 1 aliphatic rings. The maximum absolute atomic E-state index is 11.2. The first-order valence-corrected chi connectivity index (χ1v) is 7.27. The molecule has 0 bridgehead atoms. The molecule has 1 saturated carbocycles. The quantitative estimate of drug-likeness (QED) is 0.683. The van der Waals surface area contributed by atoms with E-state index < -0.39 is 0 Å². The molecule has 0 saturated heterocycles. The first-order chi connectivity index (χ1) is 9.13. The Balaban J connectivity index is 2.03. The highest BCUT2D eigenvalue weighted by Gasteiger charge is 2.21. The molecule has 0 radical (unpaired) electrons. The molecule has 0 spiro atoms. The largest absolute Gasteiger partial charge is 0.377 e. The number of nitrogens with zero attached hydrogens (tertiary/aromatic N) is 2. The molecule has 100 valence electrons. The molecular formula is C13H15N3O2S. The van der Waals surface area contributed by atoms with Crippen molar-refractivity contribution < 1.29 is 4.92 Å². The predicted molar refractivity (Wildman–Crippen MR) is 76.9 cm³/mol. The molecular weight excluding hydrogens is 262 g/mol. The summed E-state index contributed by atoms with van der Waals surface area (Å²) in [5, 5.41) is 15.4. The molecule has 0 unspecified atom stereocenters. The van der Waals surface area contributed by atoms with Crippen molar-refractivity contribution in [1.82, 2.24) is 4.98 Å². The Morgan fingerprint density at radius 1 is 1.42 bits per heavy atom. The number of benzene rings is 1.